The van der Waals surface area contributed by atoms with Crippen LogP contribution in [0, 0.1) is 6.92 Å². The first-order chi connectivity index (χ1) is 16.3. The molecule has 0 bridgehead atoms. The van der Waals surface area contributed by atoms with E-state index in [1.54, 1.807) is 55.1 Å². The number of nitrogens with zero attached hydrogens (tertiary/aromatic N) is 4. The number of carboxylic acid groups (broad SMARTS) is 1. The van der Waals surface area contributed by atoms with Crippen LogP contribution >= 0.6 is 0 Å². The first-order valence-electron chi connectivity index (χ1n) is 10.5. The van der Waals surface area contributed by atoms with Gasteiger partial charge < -0.3 is 5.11 Å². The van der Waals surface area contributed by atoms with E-state index in [1.807, 2.05) is 25.1 Å². The maximum Gasteiger partial charge on any atom is 0.357 e. The van der Waals surface area contributed by atoms with Gasteiger partial charge in [-0.2, -0.15) is 12.5 Å². The quantitative estimate of drug-likeness (QED) is 0.473. The monoisotopic (exact) mass is 472 g/mol. The molecule has 1 aliphatic rings. The van der Waals surface area contributed by atoms with E-state index < -0.39 is 21.4 Å². The average Bonchev–Trinajstić information content (AvgIpc) is 3.25. The summed E-state index contributed by atoms with van der Waals surface area (Å²) in [7, 11) is -4.15. The topological polar surface area (TPSA) is 115 Å². The molecule has 0 unspecified atom stereocenters. The number of carbonyl (C=O) groups is 1. The standard InChI is InChI=1S/C25H20N4O4S/c1-17-6-8-20(9-7-17)34(32,33)29-22-14-25(18-4-2-12-26-15-18,19-5-3-13-27-16-19)11-10-21(22)23(28-29)24(30)31/h2-13,15-16H,14H2,1H3,(H,30,31). The Morgan fingerprint density at radius 3 is 2.15 bits per heavy atom. The molecular formula is C25H20N4O4S. The first kappa shape index (κ1) is 21.7. The van der Waals surface area contributed by atoms with Crippen molar-refractivity contribution in [2.24, 2.45) is 0 Å². The normalized spacial score (nSPS) is 14.5. The van der Waals surface area contributed by atoms with E-state index in [-0.39, 0.29) is 28.3 Å². The van der Waals surface area contributed by atoms with Crippen LogP contribution in [0.25, 0.3) is 6.08 Å². The lowest BCUT2D eigenvalue weighted by molar-refractivity contribution is 0.0690. The fourth-order valence-electron chi connectivity index (χ4n) is 4.31. The fourth-order valence-corrected chi connectivity index (χ4v) is 5.64. The summed E-state index contributed by atoms with van der Waals surface area (Å²) in [4.78, 5) is 20.5. The third-order valence-electron chi connectivity index (χ3n) is 6.07. The van der Waals surface area contributed by atoms with Crippen molar-refractivity contribution in [1.82, 2.24) is 19.2 Å². The van der Waals surface area contributed by atoms with E-state index in [4.69, 9.17) is 0 Å². The van der Waals surface area contributed by atoms with E-state index in [0.717, 1.165) is 20.8 Å². The highest BCUT2D eigenvalue weighted by Crippen LogP contribution is 2.42. The van der Waals surface area contributed by atoms with Gasteiger partial charge >= 0.3 is 5.97 Å². The van der Waals surface area contributed by atoms with Gasteiger partial charge in [0.1, 0.15) is 0 Å². The van der Waals surface area contributed by atoms with Crippen LogP contribution in [0.15, 0.2) is 84.3 Å². The Morgan fingerprint density at radius 2 is 1.62 bits per heavy atom. The van der Waals surface area contributed by atoms with Gasteiger partial charge in [-0.1, -0.05) is 42.0 Å². The second kappa shape index (κ2) is 8.03. The molecule has 1 aromatic carbocycles. The number of aromatic nitrogens is 4. The number of aromatic carboxylic acids is 1. The molecule has 0 fully saturated rings. The van der Waals surface area contributed by atoms with Crippen LogP contribution in [-0.4, -0.2) is 38.6 Å². The van der Waals surface area contributed by atoms with Gasteiger partial charge in [0.2, 0.25) is 0 Å². The van der Waals surface area contributed by atoms with Gasteiger partial charge in [-0.3, -0.25) is 9.97 Å². The Labute approximate surface area is 196 Å². The van der Waals surface area contributed by atoms with Crippen LogP contribution < -0.4 is 0 Å². The number of hydrogen-bond acceptors (Lipinski definition) is 6. The number of benzene rings is 1. The zero-order chi connectivity index (χ0) is 23.9. The second-order valence-corrected chi connectivity index (χ2v) is 9.91. The van der Waals surface area contributed by atoms with Gasteiger partial charge in [0.15, 0.2) is 5.69 Å². The molecule has 0 saturated carbocycles. The minimum Gasteiger partial charge on any atom is -0.476 e. The molecule has 170 valence electrons. The van der Waals surface area contributed by atoms with Crippen molar-refractivity contribution in [2.75, 3.05) is 0 Å². The molecule has 0 radical (unpaired) electrons. The lowest BCUT2D eigenvalue weighted by Gasteiger charge is -2.34. The van der Waals surface area contributed by atoms with Crippen molar-refractivity contribution >= 4 is 22.1 Å². The summed E-state index contributed by atoms with van der Waals surface area (Å²) in [6, 6.07) is 13.8. The minimum atomic E-state index is -4.15. The van der Waals surface area contributed by atoms with Crippen molar-refractivity contribution in [1.29, 1.82) is 0 Å². The molecule has 4 aromatic rings. The molecule has 5 rings (SSSR count). The maximum atomic E-state index is 13.6. The van der Waals surface area contributed by atoms with Gasteiger partial charge in [-0.15, -0.1) is 5.10 Å². The molecule has 1 aliphatic carbocycles. The van der Waals surface area contributed by atoms with Crippen molar-refractivity contribution in [3.05, 3.63) is 113 Å². The predicted molar refractivity (Wildman–Crippen MR) is 125 cm³/mol. The molecule has 34 heavy (non-hydrogen) atoms. The van der Waals surface area contributed by atoms with Crippen LogP contribution in [0.4, 0.5) is 0 Å². The Morgan fingerprint density at radius 1 is 1.00 bits per heavy atom. The third-order valence-corrected chi connectivity index (χ3v) is 7.70. The van der Waals surface area contributed by atoms with Crippen molar-refractivity contribution in [3.8, 4) is 0 Å². The molecule has 0 spiro atoms. The van der Waals surface area contributed by atoms with Gasteiger partial charge in [0, 0.05) is 42.2 Å². The zero-order valence-electron chi connectivity index (χ0n) is 18.2. The number of aryl methyl sites for hydroxylation is 1. The molecule has 3 aromatic heterocycles. The number of fused-ring (bicyclic) bond motifs is 1. The lowest BCUT2D eigenvalue weighted by Crippen LogP contribution is -2.33. The molecular weight excluding hydrogens is 452 g/mol. The smallest absolute Gasteiger partial charge is 0.357 e. The van der Waals surface area contributed by atoms with Crippen LogP contribution in [0.2, 0.25) is 0 Å². The largest absolute Gasteiger partial charge is 0.476 e. The summed E-state index contributed by atoms with van der Waals surface area (Å²) in [5.74, 6) is -1.30. The van der Waals surface area contributed by atoms with Crippen LogP contribution in [0.3, 0.4) is 0 Å². The van der Waals surface area contributed by atoms with Gasteiger partial charge in [-0.05, 0) is 42.3 Å². The van der Waals surface area contributed by atoms with Crippen molar-refractivity contribution in [2.45, 2.75) is 23.7 Å². The molecule has 0 saturated heterocycles. The molecule has 0 aliphatic heterocycles. The highest BCUT2D eigenvalue weighted by Gasteiger charge is 2.41. The number of hydrogen-bond donors (Lipinski definition) is 1. The summed E-state index contributed by atoms with van der Waals surface area (Å²) < 4.78 is 28.1. The lowest BCUT2D eigenvalue weighted by atomic mass is 9.69. The van der Waals surface area contributed by atoms with E-state index in [9.17, 15) is 18.3 Å². The Balaban J connectivity index is 1.76. The van der Waals surface area contributed by atoms with E-state index >= 15 is 0 Å². The minimum absolute atomic E-state index is 0.0308. The highest BCUT2D eigenvalue weighted by atomic mass is 32.2. The summed E-state index contributed by atoms with van der Waals surface area (Å²) in [5, 5.41) is 13.8. The molecule has 3 heterocycles. The SMILES string of the molecule is Cc1ccc(S(=O)(=O)n2nc(C(=O)O)c3c2CC(c2cccnc2)(c2cccnc2)C=C3)cc1. The van der Waals surface area contributed by atoms with Crippen LogP contribution in [-0.2, 0) is 21.9 Å². The summed E-state index contributed by atoms with van der Waals surface area (Å²) in [5.41, 5.74) is 1.98. The van der Waals surface area contributed by atoms with Crippen LogP contribution in [0.1, 0.15) is 38.4 Å². The Hall–Kier alpha value is -4.11. The fraction of sp³-hybridized carbons (Fsp3) is 0.120. The van der Waals surface area contributed by atoms with E-state index in [2.05, 4.69) is 15.1 Å². The number of pyridine rings is 2. The first-order valence-corrected chi connectivity index (χ1v) is 11.9. The molecule has 0 amide bonds. The third kappa shape index (κ3) is 3.41. The second-order valence-electron chi connectivity index (χ2n) is 8.14. The van der Waals surface area contributed by atoms with Gasteiger partial charge in [0.25, 0.3) is 10.0 Å². The van der Waals surface area contributed by atoms with Gasteiger partial charge in [0.05, 0.1) is 10.6 Å². The molecule has 1 N–H and O–H groups in total. The van der Waals surface area contributed by atoms with E-state index in [1.165, 1.54) is 12.1 Å². The summed E-state index contributed by atoms with van der Waals surface area (Å²) in [6.45, 7) is 1.86. The van der Waals surface area contributed by atoms with Crippen molar-refractivity contribution in [3.63, 3.8) is 0 Å². The number of carboxylic acids is 1. The maximum absolute atomic E-state index is 13.6. The zero-order valence-corrected chi connectivity index (χ0v) is 19.0. The summed E-state index contributed by atoms with van der Waals surface area (Å²) in [6.07, 6.45) is 10.4. The Bertz CT molecular complexity index is 1470. The van der Waals surface area contributed by atoms with E-state index in [0.29, 0.717) is 0 Å². The number of rotatable bonds is 5. The molecule has 0 atom stereocenters. The predicted octanol–water partition coefficient (Wildman–Crippen LogP) is 3.47. The van der Waals surface area contributed by atoms with Crippen molar-refractivity contribution < 1.29 is 18.3 Å². The summed E-state index contributed by atoms with van der Waals surface area (Å²) >= 11 is 0. The Kier molecular flexibility index (Phi) is 5.13. The molecule has 8 nitrogen and oxygen atoms in total. The average molecular weight is 473 g/mol. The van der Waals surface area contributed by atoms with Crippen LogP contribution in [0.5, 0.6) is 0 Å². The highest BCUT2D eigenvalue weighted by molar-refractivity contribution is 7.89. The molecule has 9 heteroatoms. The number of allylic oxidation sites excluding steroid dienone is 1. The van der Waals surface area contributed by atoms with Gasteiger partial charge in [-0.25, -0.2) is 4.79 Å².